The second-order valence-corrected chi connectivity index (χ2v) is 12.0. The Hall–Kier alpha value is -6.62. The van der Waals surface area contributed by atoms with Crippen LogP contribution in [0.3, 0.4) is 0 Å². The zero-order valence-electron chi connectivity index (χ0n) is 27.3. The number of carboxylic acids is 1. The van der Waals surface area contributed by atoms with Gasteiger partial charge in [0.15, 0.2) is 0 Å². The third-order valence-corrected chi connectivity index (χ3v) is 8.63. The number of carbonyl (C=O) groups excluding carboxylic acids is 3. The van der Waals surface area contributed by atoms with Crippen LogP contribution in [0.5, 0.6) is 0 Å². The third-order valence-electron chi connectivity index (χ3n) is 8.63. The van der Waals surface area contributed by atoms with Gasteiger partial charge in [0.25, 0.3) is 5.91 Å². The Morgan fingerprint density at radius 2 is 1.29 bits per heavy atom. The summed E-state index contributed by atoms with van der Waals surface area (Å²) in [5.74, 6) is -4.33. The number of rotatable bonds is 13. The maximum atomic E-state index is 14.0. The van der Waals surface area contributed by atoms with Gasteiger partial charge in [-0.25, -0.2) is 14.2 Å². The molecule has 2 atom stereocenters. The number of hydrogen-bond acceptors (Lipinski definition) is 5. The van der Waals surface area contributed by atoms with Gasteiger partial charge >= 0.3 is 5.97 Å². The van der Waals surface area contributed by atoms with Crippen LogP contribution >= 0.6 is 0 Å². The van der Waals surface area contributed by atoms with Crippen LogP contribution < -0.4 is 16.0 Å². The summed E-state index contributed by atoms with van der Waals surface area (Å²) in [7, 11) is 0. The summed E-state index contributed by atoms with van der Waals surface area (Å²) in [6.07, 6.45) is 1.93. The number of benzene rings is 4. The van der Waals surface area contributed by atoms with Gasteiger partial charge in [0.2, 0.25) is 11.8 Å². The Morgan fingerprint density at radius 1 is 0.725 bits per heavy atom. The van der Waals surface area contributed by atoms with Gasteiger partial charge in [0.05, 0.1) is 12.6 Å². The fourth-order valence-electron chi connectivity index (χ4n) is 6.17. The smallest absolute Gasteiger partial charge is 0.326 e. The van der Waals surface area contributed by atoms with Crippen molar-refractivity contribution in [1.29, 1.82) is 0 Å². The van der Waals surface area contributed by atoms with Gasteiger partial charge in [-0.3, -0.25) is 14.4 Å². The number of carboxylic acid groups (broad SMARTS) is 1. The third kappa shape index (κ3) is 7.67. The summed E-state index contributed by atoms with van der Waals surface area (Å²) >= 11 is 0. The van der Waals surface area contributed by atoms with Crippen molar-refractivity contribution in [1.82, 2.24) is 25.9 Å². The van der Waals surface area contributed by atoms with E-state index >= 15 is 0 Å². The molecule has 4 aromatic carbocycles. The van der Waals surface area contributed by atoms with Crippen LogP contribution in [-0.2, 0) is 26.3 Å². The molecule has 6 aromatic rings. The lowest BCUT2D eigenvalue weighted by molar-refractivity contribution is -0.144. The number of amides is 3. The first-order valence-electron chi connectivity index (χ1n) is 16.2. The number of nitrogens with zero attached hydrogens (tertiary/aromatic N) is 1. The minimum absolute atomic E-state index is 0.0273. The van der Waals surface area contributed by atoms with Crippen LogP contribution in [0.25, 0.3) is 10.9 Å². The van der Waals surface area contributed by atoms with E-state index in [2.05, 4.69) is 25.9 Å². The molecule has 10 nitrogen and oxygen atoms in total. The SMILES string of the molecule is O=C(CC(NC(=O)[C@H](Cc1c[nH]c2ccccc12)NC(=O)c1ccc(F)cn1)C(=O)O)NC(c1ccccc1)(c1ccccc1)c1ccccc1. The van der Waals surface area contributed by atoms with Gasteiger partial charge in [-0.1, -0.05) is 109 Å². The van der Waals surface area contributed by atoms with E-state index in [1.165, 1.54) is 6.07 Å². The van der Waals surface area contributed by atoms with Crippen molar-refractivity contribution in [2.75, 3.05) is 0 Å². The second-order valence-electron chi connectivity index (χ2n) is 12.0. The molecule has 256 valence electrons. The molecule has 0 saturated heterocycles. The largest absolute Gasteiger partial charge is 0.480 e. The molecule has 0 bridgehead atoms. The molecule has 0 radical (unpaired) electrons. The number of pyridine rings is 1. The molecule has 0 aliphatic rings. The maximum Gasteiger partial charge on any atom is 0.326 e. The molecular formula is C40H34FN5O5. The lowest BCUT2D eigenvalue weighted by Crippen LogP contribution is -2.55. The van der Waals surface area contributed by atoms with E-state index in [0.29, 0.717) is 5.56 Å². The highest BCUT2D eigenvalue weighted by Crippen LogP contribution is 2.37. The Balaban J connectivity index is 1.28. The summed E-state index contributed by atoms with van der Waals surface area (Å²) in [5.41, 5.74) is 2.36. The molecule has 0 spiro atoms. The van der Waals surface area contributed by atoms with Crippen molar-refractivity contribution in [3.8, 4) is 0 Å². The van der Waals surface area contributed by atoms with Gasteiger partial charge in [-0.05, 0) is 40.5 Å². The molecule has 51 heavy (non-hydrogen) atoms. The van der Waals surface area contributed by atoms with Crippen LogP contribution in [0, 0.1) is 5.82 Å². The summed E-state index contributed by atoms with van der Waals surface area (Å²) in [6, 6.07) is 34.7. The molecule has 11 heteroatoms. The Kier molecular flexibility index (Phi) is 10.3. The number of hydrogen-bond donors (Lipinski definition) is 5. The van der Waals surface area contributed by atoms with E-state index in [-0.39, 0.29) is 12.1 Å². The standard InChI is InChI=1S/C40H34FN5O5/c41-30-20-21-33(43-25-30)37(48)44-34(22-26-24-42-32-19-11-10-18-31(26)32)38(49)45-35(39(50)51)23-36(47)46-40(27-12-4-1-5-13-27,28-14-6-2-7-15-28)29-16-8-3-9-17-29/h1-21,24-25,34-35,42H,22-23H2,(H,44,48)(H,45,49)(H,46,47)(H,50,51)/t34-,35?/m0/s1. The van der Waals surface area contributed by atoms with Crippen LogP contribution in [0.4, 0.5) is 4.39 Å². The topological polar surface area (TPSA) is 153 Å². The lowest BCUT2D eigenvalue weighted by Gasteiger charge is -2.37. The monoisotopic (exact) mass is 683 g/mol. The van der Waals surface area contributed by atoms with Crippen LogP contribution in [0.15, 0.2) is 140 Å². The summed E-state index contributed by atoms with van der Waals surface area (Å²) in [6.45, 7) is 0. The first-order chi connectivity index (χ1) is 24.7. The molecule has 2 heterocycles. The highest BCUT2D eigenvalue weighted by atomic mass is 19.1. The molecule has 0 aliphatic carbocycles. The number of fused-ring (bicyclic) bond motifs is 1. The van der Waals surface area contributed by atoms with Crippen molar-refractivity contribution in [2.45, 2.75) is 30.5 Å². The number of aromatic nitrogens is 2. The highest BCUT2D eigenvalue weighted by molar-refractivity contribution is 5.98. The molecule has 3 amide bonds. The van der Waals surface area contributed by atoms with Crippen LogP contribution in [0.2, 0.25) is 0 Å². The quantitative estimate of drug-likeness (QED) is 0.107. The second kappa shape index (κ2) is 15.3. The molecule has 5 N–H and O–H groups in total. The minimum atomic E-state index is -1.66. The number of para-hydroxylation sites is 1. The number of nitrogens with one attached hydrogen (secondary N) is 4. The minimum Gasteiger partial charge on any atom is -0.480 e. The number of aromatic amines is 1. The summed E-state index contributed by atoms with van der Waals surface area (Å²) < 4.78 is 13.5. The first kappa shape index (κ1) is 34.3. The predicted molar refractivity (Wildman–Crippen MR) is 189 cm³/mol. The van der Waals surface area contributed by atoms with Crippen molar-refractivity contribution in [2.24, 2.45) is 0 Å². The van der Waals surface area contributed by atoms with Crippen LogP contribution in [-0.4, -0.2) is 50.8 Å². The molecule has 0 saturated carbocycles. The van der Waals surface area contributed by atoms with E-state index in [1.807, 2.05) is 115 Å². The number of H-pyrrole nitrogens is 1. The molecular weight excluding hydrogens is 649 g/mol. The molecule has 2 aromatic heterocycles. The van der Waals surface area contributed by atoms with E-state index in [0.717, 1.165) is 39.9 Å². The van der Waals surface area contributed by atoms with Crippen LogP contribution in [0.1, 0.15) is 39.2 Å². The van der Waals surface area contributed by atoms with Gasteiger partial charge in [-0.15, -0.1) is 0 Å². The summed E-state index contributed by atoms with van der Waals surface area (Å²) in [4.78, 5) is 60.5. The van der Waals surface area contributed by atoms with Crippen molar-refractivity contribution in [3.05, 3.63) is 174 Å². The fraction of sp³-hybridized carbons (Fsp3) is 0.125. The normalized spacial score (nSPS) is 12.4. The maximum absolute atomic E-state index is 14.0. The zero-order valence-corrected chi connectivity index (χ0v) is 27.3. The van der Waals surface area contributed by atoms with Gasteiger partial charge in [-0.2, -0.15) is 0 Å². The Morgan fingerprint density at radius 3 is 1.84 bits per heavy atom. The number of carbonyl (C=O) groups is 4. The number of aliphatic carboxylic acids is 1. The van der Waals surface area contributed by atoms with Crippen molar-refractivity contribution >= 4 is 34.6 Å². The zero-order chi connectivity index (χ0) is 35.8. The van der Waals surface area contributed by atoms with Gasteiger partial charge in [0.1, 0.15) is 29.1 Å². The van der Waals surface area contributed by atoms with Crippen molar-refractivity contribution < 1.29 is 28.7 Å². The lowest BCUT2D eigenvalue weighted by atomic mass is 9.77. The van der Waals surface area contributed by atoms with E-state index in [9.17, 15) is 28.7 Å². The Bertz CT molecular complexity index is 2040. The van der Waals surface area contributed by atoms with Gasteiger partial charge < -0.3 is 26.0 Å². The van der Waals surface area contributed by atoms with E-state index in [4.69, 9.17) is 0 Å². The van der Waals surface area contributed by atoms with Gasteiger partial charge in [0, 0.05) is 23.5 Å². The average molecular weight is 684 g/mol. The first-order valence-corrected chi connectivity index (χ1v) is 16.2. The van der Waals surface area contributed by atoms with E-state index < -0.39 is 53.6 Å². The Labute approximate surface area is 292 Å². The molecule has 6 rings (SSSR count). The molecule has 1 unspecified atom stereocenters. The highest BCUT2D eigenvalue weighted by Gasteiger charge is 2.39. The molecule has 0 fully saturated rings. The van der Waals surface area contributed by atoms with E-state index in [1.54, 1.807) is 6.20 Å². The number of halogens is 1. The molecule has 0 aliphatic heterocycles. The fourth-order valence-corrected chi connectivity index (χ4v) is 6.17. The summed E-state index contributed by atoms with van der Waals surface area (Å²) in [5, 5.41) is 19.3. The average Bonchev–Trinajstić information content (AvgIpc) is 3.57. The van der Waals surface area contributed by atoms with Crippen molar-refractivity contribution in [3.63, 3.8) is 0 Å². The predicted octanol–water partition coefficient (Wildman–Crippen LogP) is 5.11.